The highest BCUT2D eigenvalue weighted by Gasteiger charge is 2.51. The lowest BCUT2D eigenvalue weighted by molar-refractivity contribution is 0.00578. The van der Waals surface area contributed by atoms with Crippen LogP contribution in [0.1, 0.15) is 33.3 Å². The Morgan fingerprint density at radius 2 is 1.68 bits per heavy atom. The second kappa shape index (κ2) is 7.02. The molecule has 1 aromatic heterocycles. The summed E-state index contributed by atoms with van der Waals surface area (Å²) in [5.74, 6) is 0.581. The molecule has 5 heteroatoms. The lowest BCUT2D eigenvalue weighted by Gasteiger charge is -2.32. The van der Waals surface area contributed by atoms with Gasteiger partial charge >= 0.3 is 7.12 Å². The van der Waals surface area contributed by atoms with Gasteiger partial charge in [0.1, 0.15) is 6.61 Å². The molecular formula is C20H24BNO3. The fourth-order valence-corrected chi connectivity index (χ4v) is 2.48. The maximum atomic E-state index is 6.02. The standard InChI is InChI=1S/C20H24BNO3/c1-19(2)20(3,4)25-21(24-19)17-12-13-18(22-15-17)23-14-8-11-16-9-6-5-7-10-16/h5-13,15H,14H2,1-4H3/b11-8+. The molecule has 0 unspecified atom stereocenters. The van der Waals surface area contributed by atoms with Crippen LogP contribution in [0.4, 0.5) is 0 Å². The van der Waals surface area contributed by atoms with Crippen LogP contribution < -0.4 is 10.2 Å². The van der Waals surface area contributed by atoms with Crippen LogP contribution in [-0.4, -0.2) is 29.9 Å². The van der Waals surface area contributed by atoms with Gasteiger partial charge in [-0.25, -0.2) is 4.98 Å². The molecule has 1 aliphatic heterocycles. The molecule has 4 nitrogen and oxygen atoms in total. The Hall–Kier alpha value is -2.11. The fraction of sp³-hybridized carbons (Fsp3) is 0.350. The van der Waals surface area contributed by atoms with E-state index in [9.17, 15) is 0 Å². The number of hydrogen-bond donors (Lipinski definition) is 0. The molecule has 2 heterocycles. The van der Waals surface area contributed by atoms with Crippen molar-refractivity contribution in [3.05, 3.63) is 60.3 Å². The third kappa shape index (κ3) is 4.11. The molecule has 0 spiro atoms. The van der Waals surface area contributed by atoms with Gasteiger partial charge in [0, 0.05) is 11.7 Å². The molecule has 0 atom stereocenters. The van der Waals surface area contributed by atoms with E-state index in [0.29, 0.717) is 12.5 Å². The van der Waals surface area contributed by atoms with Gasteiger partial charge in [0.25, 0.3) is 0 Å². The van der Waals surface area contributed by atoms with Crippen LogP contribution in [0.15, 0.2) is 54.7 Å². The smallest absolute Gasteiger partial charge is 0.473 e. The van der Waals surface area contributed by atoms with Crippen molar-refractivity contribution in [3.8, 4) is 5.88 Å². The van der Waals surface area contributed by atoms with Gasteiger partial charge in [-0.15, -0.1) is 0 Å². The Morgan fingerprint density at radius 1 is 1.00 bits per heavy atom. The quantitative estimate of drug-likeness (QED) is 0.784. The van der Waals surface area contributed by atoms with Gasteiger partial charge in [-0.2, -0.15) is 0 Å². The Kier molecular flexibility index (Phi) is 4.97. The largest absolute Gasteiger partial charge is 0.496 e. The van der Waals surface area contributed by atoms with Crippen LogP contribution in [0, 0.1) is 0 Å². The Labute approximate surface area is 150 Å². The van der Waals surface area contributed by atoms with Crippen molar-refractivity contribution in [3.63, 3.8) is 0 Å². The van der Waals surface area contributed by atoms with Crippen molar-refractivity contribution in [2.45, 2.75) is 38.9 Å². The second-order valence-corrected chi connectivity index (χ2v) is 7.14. The normalized spacial score (nSPS) is 18.6. The summed E-state index contributed by atoms with van der Waals surface area (Å²) >= 11 is 0. The zero-order chi connectivity index (χ0) is 17.9. The number of pyridine rings is 1. The fourth-order valence-electron chi connectivity index (χ4n) is 2.48. The predicted molar refractivity (Wildman–Crippen MR) is 101 cm³/mol. The van der Waals surface area contributed by atoms with Crippen molar-refractivity contribution >= 4 is 18.7 Å². The van der Waals surface area contributed by atoms with Crippen LogP contribution in [0.3, 0.4) is 0 Å². The van der Waals surface area contributed by atoms with Gasteiger partial charge in [0.05, 0.1) is 11.2 Å². The highest BCUT2D eigenvalue weighted by atomic mass is 16.7. The van der Waals surface area contributed by atoms with Crippen molar-refractivity contribution in [2.75, 3.05) is 6.61 Å². The molecule has 0 bridgehead atoms. The van der Waals surface area contributed by atoms with E-state index in [1.54, 1.807) is 6.20 Å². The summed E-state index contributed by atoms with van der Waals surface area (Å²) < 4.78 is 17.7. The molecular weight excluding hydrogens is 313 g/mol. The van der Waals surface area contributed by atoms with E-state index in [0.717, 1.165) is 11.0 Å². The molecule has 1 aromatic carbocycles. The molecule has 0 saturated carbocycles. The van der Waals surface area contributed by atoms with Crippen molar-refractivity contribution in [1.82, 2.24) is 4.98 Å². The molecule has 130 valence electrons. The van der Waals surface area contributed by atoms with E-state index in [1.807, 2.05) is 82.3 Å². The first-order valence-corrected chi connectivity index (χ1v) is 8.53. The summed E-state index contributed by atoms with van der Waals surface area (Å²) in [6.07, 6.45) is 5.75. The molecule has 0 N–H and O–H groups in total. The molecule has 2 aromatic rings. The van der Waals surface area contributed by atoms with Crippen LogP contribution in [-0.2, 0) is 9.31 Å². The molecule has 0 radical (unpaired) electrons. The van der Waals surface area contributed by atoms with Crippen molar-refractivity contribution in [1.29, 1.82) is 0 Å². The minimum absolute atomic E-state index is 0.352. The first kappa shape index (κ1) is 17.7. The van der Waals surface area contributed by atoms with Crippen LogP contribution >= 0.6 is 0 Å². The number of rotatable bonds is 5. The van der Waals surface area contributed by atoms with Crippen molar-refractivity contribution in [2.24, 2.45) is 0 Å². The minimum atomic E-state index is -0.399. The van der Waals surface area contributed by atoms with Crippen molar-refractivity contribution < 1.29 is 14.0 Å². The molecule has 0 amide bonds. The van der Waals surface area contributed by atoms with Gasteiger partial charge in [0.15, 0.2) is 0 Å². The maximum Gasteiger partial charge on any atom is 0.496 e. The number of nitrogens with zero attached hydrogens (tertiary/aromatic N) is 1. The van der Waals surface area contributed by atoms with Gasteiger partial charge in [-0.3, -0.25) is 0 Å². The SMILES string of the molecule is CC1(C)OB(c2ccc(OC/C=C/c3ccccc3)nc2)OC1(C)C. The van der Waals surface area contributed by atoms with Gasteiger partial charge in [-0.1, -0.05) is 42.5 Å². The number of aromatic nitrogens is 1. The van der Waals surface area contributed by atoms with Crippen LogP contribution in [0.5, 0.6) is 5.88 Å². The Morgan fingerprint density at radius 3 is 2.28 bits per heavy atom. The van der Waals surface area contributed by atoms with E-state index >= 15 is 0 Å². The summed E-state index contributed by atoms with van der Waals surface area (Å²) in [4.78, 5) is 4.35. The summed E-state index contributed by atoms with van der Waals surface area (Å²) in [6.45, 7) is 8.62. The number of ether oxygens (including phenoxy) is 1. The zero-order valence-electron chi connectivity index (χ0n) is 15.2. The lowest BCUT2D eigenvalue weighted by atomic mass is 9.80. The average Bonchev–Trinajstić information content (AvgIpc) is 2.81. The van der Waals surface area contributed by atoms with Gasteiger partial charge < -0.3 is 14.0 Å². The summed E-state index contributed by atoms with van der Waals surface area (Å²) in [6, 6.07) is 13.9. The second-order valence-electron chi connectivity index (χ2n) is 7.14. The first-order valence-electron chi connectivity index (χ1n) is 8.53. The van der Waals surface area contributed by atoms with Crippen LogP contribution in [0.2, 0.25) is 0 Å². The number of hydrogen-bond acceptors (Lipinski definition) is 4. The summed E-state index contributed by atoms with van der Waals surface area (Å²) in [7, 11) is -0.399. The molecule has 1 aliphatic rings. The monoisotopic (exact) mass is 337 g/mol. The van der Waals surface area contributed by atoms with Crippen LogP contribution in [0.25, 0.3) is 6.08 Å². The summed E-state index contributed by atoms with van der Waals surface area (Å²) in [5.41, 5.74) is 1.34. The van der Waals surface area contributed by atoms with E-state index in [2.05, 4.69) is 4.98 Å². The molecule has 1 fully saturated rings. The third-order valence-electron chi connectivity index (χ3n) is 4.72. The molecule has 25 heavy (non-hydrogen) atoms. The average molecular weight is 337 g/mol. The van der Waals surface area contributed by atoms with Gasteiger partial charge in [-0.05, 0) is 45.4 Å². The first-order chi connectivity index (χ1) is 11.9. The topological polar surface area (TPSA) is 40.6 Å². The molecule has 3 rings (SSSR count). The van der Waals surface area contributed by atoms with E-state index in [4.69, 9.17) is 14.0 Å². The molecule has 0 aliphatic carbocycles. The molecule has 1 saturated heterocycles. The van der Waals surface area contributed by atoms with E-state index in [-0.39, 0.29) is 11.2 Å². The zero-order valence-corrected chi connectivity index (χ0v) is 15.2. The maximum absolute atomic E-state index is 6.02. The Balaban J connectivity index is 1.55. The highest BCUT2D eigenvalue weighted by molar-refractivity contribution is 6.62. The Bertz CT molecular complexity index is 710. The van der Waals surface area contributed by atoms with E-state index < -0.39 is 7.12 Å². The predicted octanol–water partition coefficient (Wildman–Crippen LogP) is 3.47. The van der Waals surface area contributed by atoms with Gasteiger partial charge in [0.2, 0.25) is 5.88 Å². The third-order valence-corrected chi connectivity index (χ3v) is 4.72. The number of benzene rings is 1. The minimum Gasteiger partial charge on any atom is -0.473 e. The van der Waals surface area contributed by atoms with E-state index in [1.165, 1.54) is 0 Å². The lowest BCUT2D eigenvalue weighted by Crippen LogP contribution is -2.41. The summed E-state index contributed by atoms with van der Waals surface area (Å²) in [5, 5.41) is 0. The highest BCUT2D eigenvalue weighted by Crippen LogP contribution is 2.36.